The second kappa shape index (κ2) is 7.25. The second-order valence-corrected chi connectivity index (χ2v) is 5.78. The van der Waals surface area contributed by atoms with E-state index in [1.54, 1.807) is 0 Å². The predicted molar refractivity (Wildman–Crippen MR) is 72.3 cm³/mol. The van der Waals surface area contributed by atoms with E-state index in [1.807, 2.05) is 0 Å². The summed E-state index contributed by atoms with van der Waals surface area (Å²) in [5.41, 5.74) is -0.156. The van der Waals surface area contributed by atoms with Gasteiger partial charge in [0.05, 0.1) is 14.2 Å². The summed E-state index contributed by atoms with van der Waals surface area (Å²) in [6.45, 7) is -0.427. The van der Waals surface area contributed by atoms with Crippen LogP contribution in [-0.4, -0.2) is 57.3 Å². The van der Waals surface area contributed by atoms with Gasteiger partial charge in [-0.1, -0.05) is 6.07 Å². The highest BCUT2D eigenvalue weighted by Crippen LogP contribution is 2.31. The summed E-state index contributed by atoms with van der Waals surface area (Å²) in [4.78, 5) is 11.1. The van der Waals surface area contributed by atoms with Gasteiger partial charge < -0.3 is 19.7 Å². The molecule has 1 aromatic carbocycles. The number of rotatable bonds is 8. The summed E-state index contributed by atoms with van der Waals surface area (Å²) in [7, 11) is -1.53. The first-order valence-corrected chi connectivity index (χ1v) is 7.38. The zero-order valence-electron chi connectivity index (χ0n) is 11.5. The average Bonchev–Trinajstić information content (AvgIpc) is 2.44. The molecule has 0 aliphatic rings. The number of benzene rings is 1. The van der Waals surface area contributed by atoms with Crippen LogP contribution in [0.15, 0.2) is 18.2 Å². The Morgan fingerprint density at radius 1 is 1.33 bits per heavy atom. The minimum absolute atomic E-state index is 0.0821. The van der Waals surface area contributed by atoms with E-state index >= 15 is 0 Å². The number of carbonyl (C=O) groups is 1. The van der Waals surface area contributed by atoms with E-state index < -0.39 is 34.6 Å². The Hall–Kier alpha value is -1.84. The molecule has 1 atom stereocenters. The first-order chi connectivity index (χ1) is 9.80. The normalized spacial score (nSPS) is 12.7. The van der Waals surface area contributed by atoms with Crippen LogP contribution in [0.4, 0.5) is 0 Å². The maximum atomic E-state index is 11.2. The quantitative estimate of drug-likeness (QED) is 0.648. The van der Waals surface area contributed by atoms with E-state index in [2.05, 4.69) is 4.18 Å². The minimum Gasteiger partial charge on any atom is -0.493 e. The number of hydrogen-bond donors (Lipinski definition) is 2. The van der Waals surface area contributed by atoms with Crippen LogP contribution in [-0.2, 0) is 14.3 Å². The van der Waals surface area contributed by atoms with Crippen LogP contribution in [0.1, 0.15) is 10.4 Å². The molecule has 0 fully saturated rings. The monoisotopic (exact) mass is 320 g/mol. The van der Waals surface area contributed by atoms with Crippen molar-refractivity contribution in [3.8, 4) is 11.5 Å². The topological polar surface area (TPSA) is 119 Å². The van der Waals surface area contributed by atoms with E-state index in [-0.39, 0.29) is 17.1 Å². The average molecular weight is 320 g/mol. The van der Waals surface area contributed by atoms with Gasteiger partial charge in [0.2, 0.25) is 0 Å². The van der Waals surface area contributed by atoms with Gasteiger partial charge in [-0.3, -0.25) is 4.18 Å². The third-order valence-corrected chi connectivity index (χ3v) is 3.80. The number of aliphatic hydroxyl groups is 1. The number of carboxylic acids is 1. The fourth-order valence-corrected chi connectivity index (χ4v) is 2.23. The number of aromatic carboxylic acids is 1. The van der Waals surface area contributed by atoms with Crippen LogP contribution in [0, 0.1) is 0 Å². The van der Waals surface area contributed by atoms with Crippen molar-refractivity contribution in [2.75, 3.05) is 26.6 Å². The number of carboxylic acid groups (broad SMARTS) is 1. The van der Waals surface area contributed by atoms with Gasteiger partial charge in [-0.2, -0.15) is 8.42 Å². The van der Waals surface area contributed by atoms with Crippen molar-refractivity contribution in [1.82, 2.24) is 0 Å². The van der Waals surface area contributed by atoms with Gasteiger partial charge in [-0.05, 0) is 12.1 Å². The molecule has 9 heteroatoms. The number of hydrogen-bond acceptors (Lipinski definition) is 7. The number of aliphatic hydroxyl groups excluding tert-OH is 1. The van der Waals surface area contributed by atoms with Crippen molar-refractivity contribution in [3.63, 3.8) is 0 Å². The molecule has 0 spiro atoms. The van der Waals surface area contributed by atoms with E-state index in [0.29, 0.717) is 0 Å². The SMILES string of the molecule is COc1cccc(C(=O)O)c1OCC(O)CS(=O)(=O)OC. The fraction of sp³-hybridized carbons (Fsp3) is 0.417. The third-order valence-electron chi connectivity index (χ3n) is 2.50. The Bertz CT molecular complexity index is 595. The molecule has 118 valence electrons. The maximum Gasteiger partial charge on any atom is 0.339 e. The number of methoxy groups -OCH3 is 1. The predicted octanol–water partition coefficient (Wildman–Crippen LogP) is 0.109. The zero-order chi connectivity index (χ0) is 16.0. The van der Waals surface area contributed by atoms with Gasteiger partial charge in [0, 0.05) is 0 Å². The smallest absolute Gasteiger partial charge is 0.339 e. The van der Waals surface area contributed by atoms with Crippen LogP contribution in [0.25, 0.3) is 0 Å². The summed E-state index contributed by atoms with van der Waals surface area (Å²) in [5, 5.41) is 18.7. The maximum absolute atomic E-state index is 11.2. The highest BCUT2D eigenvalue weighted by Gasteiger charge is 2.20. The van der Waals surface area contributed by atoms with Gasteiger partial charge >= 0.3 is 5.97 Å². The molecule has 8 nitrogen and oxygen atoms in total. The van der Waals surface area contributed by atoms with Gasteiger partial charge in [0.25, 0.3) is 10.1 Å². The molecule has 0 radical (unpaired) electrons. The largest absolute Gasteiger partial charge is 0.493 e. The van der Waals surface area contributed by atoms with Crippen LogP contribution in [0.2, 0.25) is 0 Å². The molecule has 2 N–H and O–H groups in total. The summed E-state index contributed by atoms with van der Waals surface area (Å²) in [6.07, 6.45) is -1.37. The van der Waals surface area contributed by atoms with Gasteiger partial charge in [0.15, 0.2) is 11.5 Å². The highest BCUT2D eigenvalue weighted by molar-refractivity contribution is 7.86. The van der Waals surface area contributed by atoms with E-state index in [4.69, 9.17) is 14.6 Å². The molecule has 0 saturated carbocycles. The molecule has 0 amide bonds. The molecule has 0 aliphatic carbocycles. The van der Waals surface area contributed by atoms with Crippen molar-refractivity contribution < 1.29 is 37.1 Å². The van der Waals surface area contributed by atoms with Crippen LogP contribution in [0.3, 0.4) is 0 Å². The van der Waals surface area contributed by atoms with Crippen molar-refractivity contribution >= 4 is 16.1 Å². The lowest BCUT2D eigenvalue weighted by Gasteiger charge is -2.15. The molecule has 0 heterocycles. The van der Waals surface area contributed by atoms with Gasteiger partial charge in [-0.15, -0.1) is 0 Å². The highest BCUT2D eigenvalue weighted by atomic mass is 32.2. The first-order valence-electron chi connectivity index (χ1n) is 5.80. The minimum atomic E-state index is -3.84. The van der Waals surface area contributed by atoms with Crippen LogP contribution < -0.4 is 9.47 Å². The van der Waals surface area contributed by atoms with Crippen molar-refractivity contribution in [2.45, 2.75) is 6.10 Å². The summed E-state index contributed by atoms with van der Waals surface area (Å²) >= 11 is 0. The molecule has 0 aliphatic heterocycles. The third kappa shape index (κ3) is 4.88. The van der Waals surface area contributed by atoms with Gasteiger partial charge in [0.1, 0.15) is 24.0 Å². The van der Waals surface area contributed by atoms with E-state index in [1.165, 1.54) is 25.3 Å². The molecule has 0 saturated heterocycles. The van der Waals surface area contributed by atoms with Crippen LogP contribution in [0.5, 0.6) is 11.5 Å². The standard InChI is InChI=1S/C12H16O8S/c1-18-10-5-3-4-9(12(14)15)11(10)20-6-8(13)7-21(16,17)19-2/h3-5,8,13H,6-7H2,1-2H3,(H,14,15). The van der Waals surface area contributed by atoms with E-state index in [0.717, 1.165) is 7.11 Å². The Morgan fingerprint density at radius 3 is 2.52 bits per heavy atom. The van der Waals surface area contributed by atoms with Crippen LogP contribution >= 0.6 is 0 Å². The summed E-state index contributed by atoms with van der Waals surface area (Å²) in [6, 6.07) is 4.26. The Morgan fingerprint density at radius 2 is 2.00 bits per heavy atom. The Labute approximate surface area is 122 Å². The lowest BCUT2D eigenvalue weighted by molar-refractivity contribution is 0.0684. The van der Waals surface area contributed by atoms with Crippen molar-refractivity contribution in [3.05, 3.63) is 23.8 Å². The molecular formula is C12H16O8S. The van der Waals surface area contributed by atoms with Crippen molar-refractivity contribution in [2.24, 2.45) is 0 Å². The van der Waals surface area contributed by atoms with E-state index in [9.17, 15) is 18.3 Å². The lowest BCUT2D eigenvalue weighted by Crippen LogP contribution is -2.28. The molecule has 1 rings (SSSR count). The summed E-state index contributed by atoms with van der Waals surface area (Å²) < 4.78 is 36.7. The Kier molecular flexibility index (Phi) is 5.94. The molecular weight excluding hydrogens is 304 g/mol. The number of ether oxygens (including phenoxy) is 2. The zero-order valence-corrected chi connectivity index (χ0v) is 12.3. The second-order valence-electron chi connectivity index (χ2n) is 4.00. The van der Waals surface area contributed by atoms with Crippen molar-refractivity contribution in [1.29, 1.82) is 0 Å². The first kappa shape index (κ1) is 17.2. The Balaban J connectivity index is 2.86. The lowest BCUT2D eigenvalue weighted by atomic mass is 10.2. The molecule has 21 heavy (non-hydrogen) atoms. The molecule has 1 aromatic rings. The number of para-hydroxylation sites is 1. The fourth-order valence-electron chi connectivity index (χ4n) is 1.53. The summed E-state index contributed by atoms with van der Waals surface area (Å²) in [5.74, 6) is -1.82. The van der Waals surface area contributed by atoms with Gasteiger partial charge in [-0.25, -0.2) is 4.79 Å². The molecule has 1 unspecified atom stereocenters. The molecule has 0 bridgehead atoms. The molecule has 0 aromatic heterocycles.